The van der Waals surface area contributed by atoms with Gasteiger partial charge < -0.3 is 0 Å². The summed E-state index contributed by atoms with van der Waals surface area (Å²) in [5.41, 5.74) is 1.79. The van der Waals surface area contributed by atoms with Gasteiger partial charge in [0.2, 0.25) is 11.8 Å². The van der Waals surface area contributed by atoms with Crippen LogP contribution in [0, 0.1) is 5.92 Å². The molecule has 2 rings (SSSR count). The molecule has 1 aromatic carbocycles. The molecule has 2 amide bonds. The van der Waals surface area contributed by atoms with Crippen LogP contribution in [0.2, 0.25) is 0 Å². The van der Waals surface area contributed by atoms with Crippen LogP contribution in [0.3, 0.4) is 0 Å². The predicted molar refractivity (Wildman–Crippen MR) is 80.0 cm³/mol. The number of Topliss-reactive ketones (excluding diaryl/α,β-unsaturated/α-hetero) is 2. The minimum Gasteiger partial charge on any atom is -0.300 e. The Morgan fingerprint density at radius 3 is 2.23 bits per heavy atom. The van der Waals surface area contributed by atoms with Gasteiger partial charge in [-0.3, -0.25) is 24.5 Å². The van der Waals surface area contributed by atoms with Crippen LogP contribution in [0.15, 0.2) is 24.3 Å². The lowest BCUT2D eigenvalue weighted by Gasteiger charge is -2.19. The third-order valence-corrected chi connectivity index (χ3v) is 3.70. The van der Waals surface area contributed by atoms with Crippen molar-refractivity contribution in [2.75, 3.05) is 0 Å². The number of carbonyl (C=O) groups excluding carboxylic acids is 4. The molecule has 0 bridgehead atoms. The van der Waals surface area contributed by atoms with E-state index in [-0.39, 0.29) is 36.2 Å². The van der Waals surface area contributed by atoms with Gasteiger partial charge in [0.1, 0.15) is 11.6 Å². The first kappa shape index (κ1) is 16.1. The van der Waals surface area contributed by atoms with E-state index >= 15 is 0 Å². The maximum absolute atomic E-state index is 12.1. The van der Waals surface area contributed by atoms with Crippen molar-refractivity contribution in [3.8, 4) is 0 Å². The molecular formula is C17H19NO4. The molecular weight excluding hydrogens is 282 g/mol. The average molecular weight is 301 g/mol. The Hall–Kier alpha value is -2.30. The maximum Gasteiger partial charge on any atom is 0.230 e. The fourth-order valence-corrected chi connectivity index (χ4v) is 2.57. The van der Waals surface area contributed by atoms with Crippen molar-refractivity contribution < 1.29 is 19.2 Å². The Morgan fingerprint density at radius 1 is 1.09 bits per heavy atom. The van der Waals surface area contributed by atoms with E-state index in [1.54, 1.807) is 0 Å². The molecule has 5 heteroatoms. The molecule has 1 aliphatic rings. The molecule has 0 aliphatic carbocycles. The van der Waals surface area contributed by atoms with E-state index in [1.807, 2.05) is 24.3 Å². The number of piperidine rings is 1. The van der Waals surface area contributed by atoms with Crippen LogP contribution < -0.4 is 5.32 Å². The molecule has 0 saturated carbocycles. The van der Waals surface area contributed by atoms with E-state index in [4.69, 9.17) is 0 Å². The SMILES string of the molecule is CC(=O)Cc1ccc(CC(=O)C[C@H]2CCC(=O)NC2=O)cc1. The molecule has 1 fully saturated rings. The number of rotatable bonds is 6. The summed E-state index contributed by atoms with van der Waals surface area (Å²) < 4.78 is 0. The lowest BCUT2D eigenvalue weighted by Crippen LogP contribution is -2.41. The van der Waals surface area contributed by atoms with Crippen molar-refractivity contribution in [3.63, 3.8) is 0 Å². The first-order valence-corrected chi connectivity index (χ1v) is 7.36. The van der Waals surface area contributed by atoms with Crippen LogP contribution in [-0.2, 0) is 32.0 Å². The zero-order valence-electron chi connectivity index (χ0n) is 12.6. The average Bonchev–Trinajstić information content (AvgIpc) is 2.43. The van der Waals surface area contributed by atoms with E-state index < -0.39 is 5.92 Å². The summed E-state index contributed by atoms with van der Waals surface area (Å²) in [5.74, 6) is -0.936. The fraction of sp³-hybridized carbons (Fsp3) is 0.412. The van der Waals surface area contributed by atoms with Crippen molar-refractivity contribution in [2.24, 2.45) is 5.92 Å². The molecule has 116 valence electrons. The van der Waals surface area contributed by atoms with Crippen LogP contribution >= 0.6 is 0 Å². The zero-order chi connectivity index (χ0) is 16.1. The summed E-state index contributed by atoms with van der Waals surface area (Å²) >= 11 is 0. The molecule has 1 aromatic rings. The molecule has 1 atom stereocenters. The Balaban J connectivity index is 1.87. The minimum atomic E-state index is -0.401. The Kier molecular flexibility index (Phi) is 5.20. The second-order valence-corrected chi connectivity index (χ2v) is 5.76. The van der Waals surface area contributed by atoms with Gasteiger partial charge in [0.15, 0.2) is 0 Å². The third kappa shape index (κ3) is 4.62. The highest BCUT2D eigenvalue weighted by Gasteiger charge is 2.28. The Bertz CT molecular complexity index is 604. The molecule has 0 unspecified atom stereocenters. The quantitative estimate of drug-likeness (QED) is 0.805. The van der Waals surface area contributed by atoms with Gasteiger partial charge in [-0.15, -0.1) is 0 Å². The van der Waals surface area contributed by atoms with Gasteiger partial charge in [0.05, 0.1) is 0 Å². The van der Waals surface area contributed by atoms with Crippen molar-refractivity contribution in [2.45, 2.75) is 39.0 Å². The van der Waals surface area contributed by atoms with Crippen LogP contribution in [0.4, 0.5) is 0 Å². The van der Waals surface area contributed by atoms with Crippen molar-refractivity contribution in [1.82, 2.24) is 5.32 Å². The first-order chi connectivity index (χ1) is 10.4. The topological polar surface area (TPSA) is 80.3 Å². The lowest BCUT2D eigenvalue weighted by molar-refractivity contribution is -0.138. The van der Waals surface area contributed by atoms with E-state index in [0.717, 1.165) is 11.1 Å². The van der Waals surface area contributed by atoms with Gasteiger partial charge in [-0.05, 0) is 24.5 Å². The van der Waals surface area contributed by atoms with E-state index in [1.165, 1.54) is 6.92 Å². The zero-order valence-corrected chi connectivity index (χ0v) is 12.6. The second-order valence-electron chi connectivity index (χ2n) is 5.76. The summed E-state index contributed by atoms with van der Waals surface area (Å²) in [4.78, 5) is 45.8. The Labute approximate surface area is 129 Å². The summed E-state index contributed by atoms with van der Waals surface area (Å²) in [7, 11) is 0. The number of imide groups is 1. The lowest BCUT2D eigenvalue weighted by atomic mass is 9.91. The predicted octanol–water partition coefficient (Wildman–Crippen LogP) is 1.37. The van der Waals surface area contributed by atoms with E-state index in [9.17, 15) is 19.2 Å². The van der Waals surface area contributed by atoms with Crippen LogP contribution in [0.1, 0.15) is 37.3 Å². The number of ketones is 2. The molecule has 1 N–H and O–H groups in total. The molecule has 0 spiro atoms. The maximum atomic E-state index is 12.1. The number of benzene rings is 1. The first-order valence-electron chi connectivity index (χ1n) is 7.36. The molecule has 0 aromatic heterocycles. The molecule has 1 heterocycles. The highest BCUT2D eigenvalue weighted by molar-refractivity contribution is 6.00. The smallest absolute Gasteiger partial charge is 0.230 e. The summed E-state index contributed by atoms with van der Waals surface area (Å²) in [6, 6.07) is 7.35. The van der Waals surface area contributed by atoms with Crippen molar-refractivity contribution in [3.05, 3.63) is 35.4 Å². The van der Waals surface area contributed by atoms with Crippen molar-refractivity contribution in [1.29, 1.82) is 0 Å². The van der Waals surface area contributed by atoms with Gasteiger partial charge in [-0.1, -0.05) is 24.3 Å². The third-order valence-electron chi connectivity index (χ3n) is 3.70. The van der Waals surface area contributed by atoms with Gasteiger partial charge in [0.25, 0.3) is 0 Å². The molecule has 1 aliphatic heterocycles. The largest absolute Gasteiger partial charge is 0.300 e. The fourth-order valence-electron chi connectivity index (χ4n) is 2.57. The number of hydrogen-bond acceptors (Lipinski definition) is 4. The van der Waals surface area contributed by atoms with Crippen molar-refractivity contribution >= 4 is 23.4 Å². The van der Waals surface area contributed by atoms with E-state index in [2.05, 4.69) is 5.32 Å². The molecule has 1 saturated heterocycles. The summed E-state index contributed by atoms with van der Waals surface area (Å²) in [5, 5.41) is 2.26. The van der Waals surface area contributed by atoms with Gasteiger partial charge >= 0.3 is 0 Å². The number of hydrogen-bond donors (Lipinski definition) is 1. The number of nitrogens with one attached hydrogen (secondary N) is 1. The highest BCUT2D eigenvalue weighted by atomic mass is 16.2. The molecule has 22 heavy (non-hydrogen) atoms. The summed E-state index contributed by atoms with van der Waals surface area (Å²) in [6.07, 6.45) is 1.55. The van der Waals surface area contributed by atoms with Crippen LogP contribution in [0.5, 0.6) is 0 Å². The highest BCUT2D eigenvalue weighted by Crippen LogP contribution is 2.18. The van der Waals surface area contributed by atoms with Gasteiger partial charge in [-0.2, -0.15) is 0 Å². The Morgan fingerprint density at radius 2 is 1.68 bits per heavy atom. The summed E-state index contributed by atoms with van der Waals surface area (Å²) in [6.45, 7) is 1.54. The monoisotopic (exact) mass is 301 g/mol. The van der Waals surface area contributed by atoms with Gasteiger partial charge in [0, 0.05) is 31.6 Å². The number of amides is 2. The van der Waals surface area contributed by atoms with Crippen LogP contribution in [0.25, 0.3) is 0 Å². The molecule has 0 radical (unpaired) electrons. The van der Waals surface area contributed by atoms with Gasteiger partial charge in [-0.25, -0.2) is 0 Å². The normalized spacial score (nSPS) is 18.0. The second kappa shape index (κ2) is 7.11. The van der Waals surface area contributed by atoms with E-state index in [0.29, 0.717) is 19.3 Å². The minimum absolute atomic E-state index is 0.0196. The van der Waals surface area contributed by atoms with Crippen LogP contribution in [-0.4, -0.2) is 23.4 Å². The number of carbonyl (C=O) groups is 4. The standard InChI is InChI=1S/C17H19NO4/c1-11(19)8-12-2-4-13(5-3-12)9-15(20)10-14-6-7-16(21)18-17(14)22/h2-5,14H,6-10H2,1H3,(H,18,21,22)/t14-/m1/s1. The molecule has 5 nitrogen and oxygen atoms in total.